The molecule has 1 rings (SSSR count). The van der Waals surface area contributed by atoms with Gasteiger partial charge in [0.2, 0.25) is 0 Å². The number of allylic oxidation sites excluding steroid dienone is 1. The lowest BCUT2D eigenvalue weighted by molar-refractivity contribution is 0.115. The van der Waals surface area contributed by atoms with Crippen LogP contribution in [0.3, 0.4) is 0 Å². The van der Waals surface area contributed by atoms with Gasteiger partial charge < -0.3 is 5.11 Å². The summed E-state index contributed by atoms with van der Waals surface area (Å²) in [6, 6.07) is 0. The van der Waals surface area contributed by atoms with Crippen molar-refractivity contribution < 1.29 is 5.11 Å². The summed E-state index contributed by atoms with van der Waals surface area (Å²) in [6.07, 6.45) is 15.3. The molecule has 0 saturated carbocycles. The van der Waals surface area contributed by atoms with Gasteiger partial charge in [0, 0.05) is 0 Å². The van der Waals surface area contributed by atoms with Gasteiger partial charge in [0.1, 0.15) is 0 Å². The second-order valence-corrected chi connectivity index (χ2v) is 5.66. The summed E-state index contributed by atoms with van der Waals surface area (Å²) in [5.74, 6) is 0. The van der Waals surface area contributed by atoms with Crippen LogP contribution in [-0.2, 0) is 0 Å². The van der Waals surface area contributed by atoms with Crippen molar-refractivity contribution in [3.8, 4) is 0 Å². The molecule has 0 spiro atoms. The Bertz CT molecular complexity index is 210. The van der Waals surface area contributed by atoms with E-state index in [2.05, 4.69) is 6.08 Å². The first-order valence-electron chi connectivity index (χ1n) is 7.02. The first kappa shape index (κ1) is 13.8. The second-order valence-electron chi connectivity index (χ2n) is 5.66. The van der Waals surface area contributed by atoms with Crippen LogP contribution in [0.25, 0.3) is 0 Å². The number of hydrogen-bond donors (Lipinski definition) is 1. The molecule has 16 heavy (non-hydrogen) atoms. The van der Waals surface area contributed by atoms with Gasteiger partial charge in [0.25, 0.3) is 0 Å². The van der Waals surface area contributed by atoms with Crippen molar-refractivity contribution >= 4 is 0 Å². The van der Waals surface area contributed by atoms with Crippen LogP contribution >= 0.6 is 0 Å². The highest BCUT2D eigenvalue weighted by molar-refractivity contribution is 5.13. The molecule has 1 heteroatoms. The normalized spacial score (nSPS) is 25.1. The van der Waals surface area contributed by atoms with Crippen LogP contribution in [0.5, 0.6) is 0 Å². The molecule has 0 saturated heterocycles. The average Bonchev–Trinajstić information content (AvgIpc) is 2.16. The third kappa shape index (κ3) is 5.69. The van der Waals surface area contributed by atoms with Crippen molar-refractivity contribution in [2.45, 2.75) is 83.7 Å². The van der Waals surface area contributed by atoms with Crippen molar-refractivity contribution in [1.29, 1.82) is 0 Å². The maximum atomic E-state index is 10.1. The van der Waals surface area contributed by atoms with E-state index in [0.717, 1.165) is 12.8 Å². The average molecular weight is 224 g/mol. The minimum absolute atomic E-state index is 0.607. The molecule has 1 nitrogen and oxygen atoms in total. The van der Waals surface area contributed by atoms with Crippen LogP contribution in [-0.4, -0.2) is 10.7 Å². The molecule has 0 heterocycles. The Hall–Kier alpha value is -0.300. The zero-order valence-electron chi connectivity index (χ0n) is 11.1. The first-order chi connectivity index (χ1) is 7.61. The summed E-state index contributed by atoms with van der Waals surface area (Å²) < 4.78 is 0. The number of rotatable bonds is 1. The number of aliphatic hydroxyl groups is 1. The standard InChI is InChI=1S/C15H28O/c1-15(2,16)14-12-10-8-6-4-3-5-7-9-11-13-14/h12,16H,3-11,13H2,1-2H3/b14-12-. The summed E-state index contributed by atoms with van der Waals surface area (Å²) in [5, 5.41) is 10.1. The SMILES string of the molecule is CC(C)(O)/C1=C\CCCCCCCCCC1. The Morgan fingerprint density at radius 2 is 1.38 bits per heavy atom. The molecular weight excluding hydrogens is 196 g/mol. The lowest BCUT2D eigenvalue weighted by atomic mass is 9.91. The van der Waals surface area contributed by atoms with E-state index in [1.807, 2.05) is 13.8 Å². The van der Waals surface area contributed by atoms with Crippen LogP contribution < -0.4 is 0 Å². The second kappa shape index (κ2) is 7.11. The minimum Gasteiger partial charge on any atom is -0.386 e. The van der Waals surface area contributed by atoms with Crippen LogP contribution in [0.4, 0.5) is 0 Å². The molecule has 0 bridgehead atoms. The quantitative estimate of drug-likeness (QED) is 0.645. The van der Waals surface area contributed by atoms with Crippen LogP contribution in [0, 0.1) is 0 Å². The van der Waals surface area contributed by atoms with Gasteiger partial charge in [-0.2, -0.15) is 0 Å². The summed E-state index contributed by atoms with van der Waals surface area (Å²) in [5.41, 5.74) is 0.650. The highest BCUT2D eigenvalue weighted by Gasteiger charge is 2.18. The van der Waals surface area contributed by atoms with Gasteiger partial charge in [0.15, 0.2) is 0 Å². The Kier molecular flexibility index (Phi) is 6.12. The molecule has 0 aromatic heterocycles. The molecule has 1 aliphatic carbocycles. The Morgan fingerprint density at radius 3 is 1.94 bits per heavy atom. The van der Waals surface area contributed by atoms with Crippen molar-refractivity contribution in [2.24, 2.45) is 0 Å². The van der Waals surface area contributed by atoms with E-state index in [-0.39, 0.29) is 0 Å². The molecule has 1 N–H and O–H groups in total. The Balaban J connectivity index is 2.50. The highest BCUT2D eigenvalue weighted by Crippen LogP contribution is 2.24. The van der Waals surface area contributed by atoms with E-state index in [4.69, 9.17) is 0 Å². The predicted octanol–water partition coefficient (Wildman–Crippen LogP) is 4.60. The molecule has 0 aromatic carbocycles. The van der Waals surface area contributed by atoms with Gasteiger partial charge in [-0.3, -0.25) is 0 Å². The van der Waals surface area contributed by atoms with Crippen molar-refractivity contribution in [3.05, 3.63) is 11.6 Å². The lowest BCUT2D eigenvalue weighted by Crippen LogP contribution is -2.22. The van der Waals surface area contributed by atoms with Crippen LogP contribution in [0.2, 0.25) is 0 Å². The zero-order chi connectivity index (χ0) is 11.9. The van der Waals surface area contributed by atoms with Crippen LogP contribution in [0.15, 0.2) is 11.6 Å². The van der Waals surface area contributed by atoms with E-state index < -0.39 is 5.60 Å². The molecule has 0 aromatic rings. The summed E-state index contributed by atoms with van der Waals surface area (Å²) >= 11 is 0. The van der Waals surface area contributed by atoms with Gasteiger partial charge in [-0.05, 0) is 45.1 Å². The predicted molar refractivity (Wildman–Crippen MR) is 70.6 cm³/mol. The van der Waals surface area contributed by atoms with Gasteiger partial charge in [-0.15, -0.1) is 0 Å². The van der Waals surface area contributed by atoms with E-state index >= 15 is 0 Å². The van der Waals surface area contributed by atoms with Gasteiger partial charge in [-0.25, -0.2) is 0 Å². The van der Waals surface area contributed by atoms with Gasteiger partial charge >= 0.3 is 0 Å². The van der Waals surface area contributed by atoms with Crippen LogP contribution in [0.1, 0.15) is 78.1 Å². The third-order valence-corrected chi connectivity index (χ3v) is 3.58. The van der Waals surface area contributed by atoms with Crippen molar-refractivity contribution in [3.63, 3.8) is 0 Å². The monoisotopic (exact) mass is 224 g/mol. The maximum absolute atomic E-state index is 10.1. The maximum Gasteiger partial charge on any atom is 0.0800 e. The molecular formula is C15H28O. The highest BCUT2D eigenvalue weighted by atomic mass is 16.3. The molecule has 0 radical (unpaired) electrons. The van der Waals surface area contributed by atoms with Gasteiger partial charge in [-0.1, -0.05) is 44.6 Å². The molecule has 94 valence electrons. The largest absolute Gasteiger partial charge is 0.386 e. The van der Waals surface area contributed by atoms with Gasteiger partial charge in [0.05, 0.1) is 5.60 Å². The molecule has 0 amide bonds. The fourth-order valence-corrected chi connectivity index (χ4v) is 2.45. The molecule has 0 aliphatic heterocycles. The van der Waals surface area contributed by atoms with Crippen molar-refractivity contribution in [1.82, 2.24) is 0 Å². The summed E-state index contributed by atoms with van der Waals surface area (Å²) in [7, 11) is 0. The Morgan fingerprint density at radius 1 is 0.875 bits per heavy atom. The lowest BCUT2D eigenvalue weighted by Gasteiger charge is -2.22. The smallest absolute Gasteiger partial charge is 0.0800 e. The fourth-order valence-electron chi connectivity index (χ4n) is 2.45. The number of hydrogen-bond acceptors (Lipinski definition) is 1. The summed E-state index contributed by atoms with van der Waals surface area (Å²) in [4.78, 5) is 0. The van der Waals surface area contributed by atoms with E-state index in [0.29, 0.717) is 0 Å². The Labute approximate surface area is 101 Å². The van der Waals surface area contributed by atoms with E-state index in [1.54, 1.807) is 0 Å². The third-order valence-electron chi connectivity index (χ3n) is 3.58. The first-order valence-corrected chi connectivity index (χ1v) is 7.02. The zero-order valence-corrected chi connectivity index (χ0v) is 11.1. The molecule has 0 fully saturated rings. The molecule has 0 atom stereocenters. The minimum atomic E-state index is -0.607. The molecule has 1 aliphatic rings. The topological polar surface area (TPSA) is 20.2 Å². The van der Waals surface area contributed by atoms with E-state index in [9.17, 15) is 5.11 Å². The fraction of sp³-hybridized carbons (Fsp3) is 0.867. The van der Waals surface area contributed by atoms with E-state index in [1.165, 1.54) is 56.9 Å². The summed E-state index contributed by atoms with van der Waals surface area (Å²) in [6.45, 7) is 3.84. The van der Waals surface area contributed by atoms with Crippen molar-refractivity contribution in [2.75, 3.05) is 0 Å². The molecule has 0 unspecified atom stereocenters.